The lowest BCUT2D eigenvalue weighted by atomic mass is 9.79. The van der Waals surface area contributed by atoms with Crippen molar-refractivity contribution in [3.05, 3.63) is 23.8 Å². The molecular formula is C32H49NO11. The number of benzene rings is 1. The van der Waals surface area contributed by atoms with Crippen LogP contribution < -0.4 is 15.2 Å². The fourth-order valence-electron chi connectivity index (χ4n) is 4.68. The van der Waals surface area contributed by atoms with Gasteiger partial charge in [-0.2, -0.15) is 0 Å². The van der Waals surface area contributed by atoms with E-state index in [1.807, 2.05) is 27.7 Å². The Bertz CT molecular complexity index is 1090. The molecule has 0 heterocycles. The van der Waals surface area contributed by atoms with Gasteiger partial charge in [0.25, 0.3) is 0 Å². The maximum Gasteiger partial charge on any atom is 0.513 e. The maximum atomic E-state index is 12.6. The number of aliphatic carboxylic acids is 1. The zero-order chi connectivity index (χ0) is 32.8. The molecule has 0 spiro atoms. The summed E-state index contributed by atoms with van der Waals surface area (Å²) in [6, 6.07) is 2.79. The van der Waals surface area contributed by atoms with Crippen molar-refractivity contribution < 1.29 is 52.7 Å². The van der Waals surface area contributed by atoms with Crippen molar-refractivity contribution in [3.63, 3.8) is 0 Å². The first-order valence-electron chi connectivity index (χ1n) is 15.5. The summed E-state index contributed by atoms with van der Waals surface area (Å²) in [4.78, 5) is 49.6. The minimum atomic E-state index is -1.43. The van der Waals surface area contributed by atoms with E-state index in [0.717, 1.165) is 44.9 Å². The largest absolute Gasteiger partial charge is 0.513 e. The molecule has 5 unspecified atom stereocenters. The Hall–Kier alpha value is -3.54. The second-order valence-electron chi connectivity index (χ2n) is 11.8. The normalized spacial score (nSPS) is 17.6. The molecule has 3 N–H and O–H groups in total. The molecule has 2 rings (SSSR count). The molecular weight excluding hydrogens is 574 g/mol. The average Bonchev–Trinajstić information content (AvgIpc) is 2.99. The Morgan fingerprint density at radius 2 is 1.39 bits per heavy atom. The average molecular weight is 624 g/mol. The highest BCUT2D eigenvalue weighted by atomic mass is 16.7. The Kier molecular flexibility index (Phi) is 15.3. The van der Waals surface area contributed by atoms with Crippen molar-refractivity contribution in [1.29, 1.82) is 0 Å². The zero-order valence-corrected chi connectivity index (χ0v) is 26.7. The topological polar surface area (TPSA) is 170 Å². The molecule has 1 aromatic carbocycles. The lowest BCUT2D eigenvalue weighted by Gasteiger charge is -2.32. The molecule has 12 heteroatoms. The van der Waals surface area contributed by atoms with Gasteiger partial charge in [-0.15, -0.1) is 0 Å². The van der Waals surface area contributed by atoms with Crippen LogP contribution in [0, 0.1) is 17.8 Å². The first-order chi connectivity index (χ1) is 20.9. The smallest absolute Gasteiger partial charge is 0.480 e. The molecule has 248 valence electrons. The number of carboxylic acid groups (broad SMARTS) is 1. The summed E-state index contributed by atoms with van der Waals surface area (Å²) in [5.74, 6) is -2.97. The van der Waals surface area contributed by atoms with Crippen molar-refractivity contribution >= 4 is 24.4 Å². The van der Waals surface area contributed by atoms with Gasteiger partial charge < -0.3 is 39.3 Å². The van der Waals surface area contributed by atoms with Gasteiger partial charge in [-0.25, -0.2) is 14.4 Å². The summed E-state index contributed by atoms with van der Waals surface area (Å²) in [6.07, 6.45) is 2.31. The summed E-state index contributed by atoms with van der Waals surface area (Å²) in [7, 11) is 0. The molecule has 1 aliphatic carbocycles. The number of carbonyl (C=O) groups is 4. The van der Waals surface area contributed by atoms with Gasteiger partial charge in [0.1, 0.15) is 18.2 Å². The number of carbonyl (C=O) groups excluding carboxylic acids is 3. The number of hydrogen-bond donors (Lipinski definition) is 2. The second kappa shape index (κ2) is 18.3. The third kappa shape index (κ3) is 11.9. The van der Waals surface area contributed by atoms with Crippen molar-refractivity contribution in [2.24, 2.45) is 23.5 Å². The number of carboxylic acids is 1. The predicted molar refractivity (Wildman–Crippen MR) is 161 cm³/mol. The summed E-state index contributed by atoms with van der Waals surface area (Å²) >= 11 is 0. The number of rotatable bonds is 15. The van der Waals surface area contributed by atoms with Crippen LogP contribution in [0.3, 0.4) is 0 Å². The third-order valence-corrected chi connectivity index (χ3v) is 8.18. The number of hydrogen-bond acceptors (Lipinski definition) is 11. The van der Waals surface area contributed by atoms with E-state index in [9.17, 15) is 24.3 Å². The standard InChI is InChI=1S/C32H49NO11/c1-7-19(3)17-39-30(36)43-25-15-14-23(16-26(25)44-31(37)40-18-20(4)8-2)27(28(33)29(34)35)21(5)22(6)41-32(38)42-24-12-10-9-11-13-24/h14-16,19-22,24,27-28H,7-13,17-18,33H2,1-6H3,(H,34,35)/t19?,20?,21?,22?,27?,28-/m0/s1. The van der Waals surface area contributed by atoms with Crippen LogP contribution in [0.4, 0.5) is 14.4 Å². The Labute approximate surface area is 259 Å². The van der Waals surface area contributed by atoms with Crippen molar-refractivity contribution in [3.8, 4) is 11.5 Å². The van der Waals surface area contributed by atoms with Crippen LogP contribution in [-0.2, 0) is 23.7 Å². The molecule has 6 atom stereocenters. The summed E-state index contributed by atoms with van der Waals surface area (Å²) in [6.45, 7) is 11.3. The van der Waals surface area contributed by atoms with E-state index in [-0.39, 0.29) is 42.7 Å². The molecule has 1 fully saturated rings. The van der Waals surface area contributed by atoms with Crippen LogP contribution in [-0.4, -0.2) is 61.0 Å². The van der Waals surface area contributed by atoms with Crippen LogP contribution in [0.2, 0.25) is 0 Å². The number of nitrogens with two attached hydrogens (primary N) is 1. The monoisotopic (exact) mass is 623 g/mol. The molecule has 0 radical (unpaired) electrons. The Balaban J connectivity index is 2.33. The molecule has 0 saturated heterocycles. The minimum absolute atomic E-state index is 0.0882. The van der Waals surface area contributed by atoms with Crippen LogP contribution in [0.5, 0.6) is 11.5 Å². The second-order valence-corrected chi connectivity index (χ2v) is 11.8. The van der Waals surface area contributed by atoms with Gasteiger partial charge in [-0.05, 0) is 62.1 Å². The van der Waals surface area contributed by atoms with E-state index in [2.05, 4.69) is 0 Å². The minimum Gasteiger partial charge on any atom is -0.480 e. The van der Waals surface area contributed by atoms with E-state index in [1.165, 1.54) is 18.2 Å². The molecule has 0 bridgehead atoms. The summed E-state index contributed by atoms with van der Waals surface area (Å²) in [5, 5.41) is 9.85. The molecule has 0 aromatic heterocycles. The van der Waals surface area contributed by atoms with Crippen LogP contribution in [0.25, 0.3) is 0 Å². The van der Waals surface area contributed by atoms with Gasteiger partial charge >= 0.3 is 24.4 Å². The molecule has 1 saturated carbocycles. The summed E-state index contributed by atoms with van der Waals surface area (Å²) in [5.41, 5.74) is 6.49. The lowest BCUT2D eigenvalue weighted by molar-refractivity contribution is -0.139. The SMILES string of the molecule is CCC(C)COC(=O)Oc1ccc(C(C(C)C(C)OC(=O)OC2CCCCC2)[C@H](N)C(=O)O)cc1OC(=O)OCC(C)CC. The van der Waals surface area contributed by atoms with Gasteiger partial charge in [-0.3, -0.25) is 4.79 Å². The fraction of sp³-hybridized carbons (Fsp3) is 0.688. The van der Waals surface area contributed by atoms with Crippen molar-refractivity contribution in [1.82, 2.24) is 0 Å². The van der Waals surface area contributed by atoms with Crippen LogP contribution >= 0.6 is 0 Å². The molecule has 1 aliphatic rings. The highest BCUT2D eigenvalue weighted by Gasteiger charge is 2.36. The highest BCUT2D eigenvalue weighted by Crippen LogP contribution is 2.37. The highest BCUT2D eigenvalue weighted by molar-refractivity contribution is 5.75. The molecule has 12 nitrogen and oxygen atoms in total. The van der Waals surface area contributed by atoms with E-state index in [1.54, 1.807) is 13.8 Å². The van der Waals surface area contributed by atoms with Crippen molar-refractivity contribution in [2.75, 3.05) is 13.2 Å². The molecule has 0 aliphatic heterocycles. The van der Waals surface area contributed by atoms with Gasteiger partial charge in [0.15, 0.2) is 11.5 Å². The third-order valence-electron chi connectivity index (χ3n) is 8.18. The van der Waals surface area contributed by atoms with Gasteiger partial charge in [0.05, 0.1) is 13.2 Å². The van der Waals surface area contributed by atoms with E-state index < -0.39 is 48.4 Å². The summed E-state index contributed by atoms with van der Waals surface area (Å²) < 4.78 is 32.1. The van der Waals surface area contributed by atoms with Crippen molar-refractivity contribution in [2.45, 2.75) is 111 Å². The molecule has 44 heavy (non-hydrogen) atoms. The lowest BCUT2D eigenvalue weighted by Crippen LogP contribution is -2.43. The van der Waals surface area contributed by atoms with Gasteiger partial charge in [0, 0.05) is 11.8 Å². The fourth-order valence-corrected chi connectivity index (χ4v) is 4.68. The van der Waals surface area contributed by atoms with Crippen LogP contribution in [0.15, 0.2) is 18.2 Å². The predicted octanol–water partition coefficient (Wildman–Crippen LogP) is 6.82. The first-order valence-corrected chi connectivity index (χ1v) is 15.5. The van der Waals surface area contributed by atoms with Gasteiger partial charge in [0.2, 0.25) is 0 Å². The van der Waals surface area contributed by atoms with E-state index in [0.29, 0.717) is 5.56 Å². The first kappa shape index (κ1) is 36.7. The Morgan fingerprint density at radius 1 is 0.841 bits per heavy atom. The van der Waals surface area contributed by atoms with E-state index >= 15 is 0 Å². The number of ether oxygens (including phenoxy) is 6. The molecule has 1 aromatic rings. The zero-order valence-electron chi connectivity index (χ0n) is 26.7. The van der Waals surface area contributed by atoms with E-state index in [4.69, 9.17) is 34.2 Å². The Morgan fingerprint density at radius 3 is 1.91 bits per heavy atom. The quantitative estimate of drug-likeness (QED) is 0.119. The van der Waals surface area contributed by atoms with Gasteiger partial charge in [-0.1, -0.05) is 59.9 Å². The van der Waals surface area contributed by atoms with Crippen LogP contribution in [0.1, 0.15) is 98.0 Å². The maximum absolute atomic E-state index is 12.6. The molecule has 0 amide bonds.